The Kier molecular flexibility index (Phi) is 5.08. The van der Waals surface area contributed by atoms with Crippen LogP contribution >= 0.6 is 0 Å². The number of hydrogen-bond acceptors (Lipinski definition) is 3. The fraction of sp³-hybridized carbons (Fsp3) is 0.500. The lowest BCUT2D eigenvalue weighted by Crippen LogP contribution is -2.84. The molecule has 0 aromatic heterocycles. The lowest BCUT2D eigenvalue weighted by molar-refractivity contribution is -0.676. The third-order valence-corrected chi connectivity index (χ3v) is 2.36. The fourth-order valence-corrected chi connectivity index (χ4v) is 1.59. The van der Waals surface area contributed by atoms with E-state index in [0.29, 0.717) is 6.54 Å². The Balaban J connectivity index is 2.71. The average Bonchev–Trinajstić information content (AvgIpc) is 2.28. The SMILES string of the molecule is COc1cccc(C[NH2+]C[C@@H](C)O)c1OC. The molecule has 0 unspecified atom stereocenters. The van der Waals surface area contributed by atoms with Crippen molar-refractivity contribution in [2.45, 2.75) is 19.6 Å². The zero-order valence-electron chi connectivity index (χ0n) is 10.1. The Morgan fingerprint density at radius 2 is 2.06 bits per heavy atom. The third-order valence-electron chi connectivity index (χ3n) is 2.36. The van der Waals surface area contributed by atoms with Crippen molar-refractivity contribution in [2.75, 3.05) is 20.8 Å². The Morgan fingerprint density at radius 1 is 1.31 bits per heavy atom. The van der Waals surface area contributed by atoms with Crippen molar-refractivity contribution in [1.82, 2.24) is 0 Å². The first-order valence-electron chi connectivity index (χ1n) is 5.38. The van der Waals surface area contributed by atoms with E-state index in [1.54, 1.807) is 21.1 Å². The highest BCUT2D eigenvalue weighted by molar-refractivity contribution is 5.46. The van der Waals surface area contributed by atoms with Gasteiger partial charge in [0.05, 0.1) is 25.9 Å². The molecular formula is C12H20NO3+. The molecule has 0 bridgehead atoms. The summed E-state index contributed by atoms with van der Waals surface area (Å²) in [6, 6.07) is 5.81. The van der Waals surface area contributed by atoms with Gasteiger partial charge in [0.15, 0.2) is 11.5 Å². The molecule has 0 heterocycles. The van der Waals surface area contributed by atoms with E-state index < -0.39 is 0 Å². The molecule has 0 radical (unpaired) electrons. The number of aliphatic hydroxyl groups excluding tert-OH is 1. The van der Waals surface area contributed by atoms with Gasteiger partial charge < -0.3 is 19.9 Å². The van der Waals surface area contributed by atoms with E-state index in [-0.39, 0.29) is 6.10 Å². The molecule has 16 heavy (non-hydrogen) atoms. The van der Waals surface area contributed by atoms with Gasteiger partial charge in [-0.05, 0) is 19.1 Å². The smallest absolute Gasteiger partial charge is 0.169 e. The fourth-order valence-electron chi connectivity index (χ4n) is 1.59. The van der Waals surface area contributed by atoms with Crippen molar-refractivity contribution in [3.05, 3.63) is 23.8 Å². The summed E-state index contributed by atoms with van der Waals surface area (Å²) in [6.45, 7) is 3.23. The summed E-state index contributed by atoms with van der Waals surface area (Å²) in [5, 5.41) is 11.2. The van der Waals surface area contributed by atoms with Crippen LogP contribution in [0.3, 0.4) is 0 Å². The van der Waals surface area contributed by atoms with E-state index in [4.69, 9.17) is 9.47 Å². The highest BCUT2D eigenvalue weighted by atomic mass is 16.5. The first-order chi connectivity index (χ1) is 7.69. The standard InChI is InChI=1S/C12H19NO3/c1-9(14)7-13-8-10-5-4-6-11(15-2)12(10)16-3/h4-6,9,13-14H,7-8H2,1-3H3/p+1/t9-/m1/s1. The summed E-state index contributed by atoms with van der Waals surface area (Å²) in [5.41, 5.74) is 1.07. The monoisotopic (exact) mass is 226 g/mol. The van der Waals surface area contributed by atoms with E-state index in [9.17, 15) is 5.11 Å². The van der Waals surface area contributed by atoms with E-state index in [1.807, 2.05) is 23.5 Å². The van der Waals surface area contributed by atoms with Crippen LogP contribution in [0.15, 0.2) is 18.2 Å². The van der Waals surface area contributed by atoms with Crippen LogP contribution in [0.1, 0.15) is 12.5 Å². The molecule has 0 spiro atoms. The van der Waals surface area contributed by atoms with Gasteiger partial charge in [-0.3, -0.25) is 0 Å². The van der Waals surface area contributed by atoms with Crippen LogP contribution in [-0.4, -0.2) is 32.0 Å². The molecule has 0 aliphatic rings. The van der Waals surface area contributed by atoms with Gasteiger partial charge in [-0.1, -0.05) is 6.07 Å². The number of ether oxygens (including phenoxy) is 2. The highest BCUT2D eigenvalue weighted by Gasteiger charge is 2.10. The first-order valence-corrected chi connectivity index (χ1v) is 5.38. The third kappa shape index (κ3) is 3.40. The normalized spacial score (nSPS) is 12.2. The Morgan fingerprint density at radius 3 is 2.62 bits per heavy atom. The number of nitrogens with two attached hydrogens (primary N) is 1. The molecule has 4 nitrogen and oxygen atoms in total. The largest absolute Gasteiger partial charge is 0.493 e. The van der Waals surface area contributed by atoms with Crippen LogP contribution in [0.5, 0.6) is 11.5 Å². The maximum Gasteiger partial charge on any atom is 0.169 e. The summed E-state index contributed by atoms with van der Waals surface area (Å²) in [4.78, 5) is 0. The topological polar surface area (TPSA) is 55.3 Å². The highest BCUT2D eigenvalue weighted by Crippen LogP contribution is 2.29. The van der Waals surface area contributed by atoms with Crippen LogP contribution < -0.4 is 14.8 Å². The second-order valence-corrected chi connectivity index (χ2v) is 3.73. The minimum Gasteiger partial charge on any atom is -0.493 e. The zero-order chi connectivity index (χ0) is 12.0. The number of methoxy groups -OCH3 is 2. The maximum atomic E-state index is 9.17. The molecule has 0 saturated carbocycles. The molecule has 1 rings (SSSR count). The molecule has 1 aromatic carbocycles. The Hall–Kier alpha value is -1.26. The predicted molar refractivity (Wildman–Crippen MR) is 61.7 cm³/mol. The molecule has 0 amide bonds. The Labute approximate surface area is 96.2 Å². The second-order valence-electron chi connectivity index (χ2n) is 3.73. The summed E-state index contributed by atoms with van der Waals surface area (Å²) in [5.74, 6) is 1.51. The predicted octanol–water partition coefficient (Wildman–Crippen LogP) is 0.148. The molecular weight excluding hydrogens is 206 g/mol. The number of hydrogen-bond donors (Lipinski definition) is 2. The van der Waals surface area contributed by atoms with Crippen molar-refractivity contribution < 1.29 is 19.9 Å². The van der Waals surface area contributed by atoms with Crippen molar-refractivity contribution in [2.24, 2.45) is 0 Å². The molecule has 1 aromatic rings. The summed E-state index contributed by atoms with van der Waals surface area (Å²) >= 11 is 0. The number of quaternary nitrogens is 1. The van der Waals surface area contributed by atoms with E-state index in [1.165, 1.54) is 0 Å². The van der Waals surface area contributed by atoms with Crippen LogP contribution in [-0.2, 0) is 6.54 Å². The van der Waals surface area contributed by atoms with E-state index >= 15 is 0 Å². The maximum absolute atomic E-state index is 9.17. The number of para-hydroxylation sites is 1. The van der Waals surface area contributed by atoms with Crippen LogP contribution in [0.25, 0.3) is 0 Å². The van der Waals surface area contributed by atoms with Crippen LogP contribution in [0.2, 0.25) is 0 Å². The first kappa shape index (κ1) is 12.8. The number of benzene rings is 1. The van der Waals surface area contributed by atoms with E-state index in [2.05, 4.69) is 0 Å². The van der Waals surface area contributed by atoms with Gasteiger partial charge in [-0.15, -0.1) is 0 Å². The summed E-state index contributed by atoms with van der Waals surface area (Å²) in [6.07, 6.45) is -0.295. The van der Waals surface area contributed by atoms with E-state index in [0.717, 1.165) is 23.6 Å². The molecule has 0 aliphatic heterocycles. The molecule has 90 valence electrons. The molecule has 0 saturated heterocycles. The lowest BCUT2D eigenvalue weighted by Gasteiger charge is -2.12. The van der Waals surface area contributed by atoms with Gasteiger partial charge in [-0.2, -0.15) is 0 Å². The molecule has 0 fully saturated rings. The Bertz CT molecular complexity index is 326. The van der Waals surface area contributed by atoms with Crippen molar-refractivity contribution in [3.63, 3.8) is 0 Å². The van der Waals surface area contributed by atoms with Crippen molar-refractivity contribution in [1.29, 1.82) is 0 Å². The number of rotatable bonds is 6. The van der Waals surface area contributed by atoms with Crippen LogP contribution in [0, 0.1) is 0 Å². The quantitative estimate of drug-likeness (QED) is 0.726. The van der Waals surface area contributed by atoms with Gasteiger partial charge in [-0.25, -0.2) is 0 Å². The molecule has 3 N–H and O–H groups in total. The van der Waals surface area contributed by atoms with Gasteiger partial charge >= 0.3 is 0 Å². The number of aliphatic hydroxyl groups is 1. The van der Waals surface area contributed by atoms with Gasteiger partial charge in [0.25, 0.3) is 0 Å². The summed E-state index contributed by atoms with van der Waals surface area (Å²) < 4.78 is 10.5. The summed E-state index contributed by atoms with van der Waals surface area (Å²) in [7, 11) is 3.26. The van der Waals surface area contributed by atoms with Crippen LogP contribution in [0.4, 0.5) is 0 Å². The molecule has 4 heteroatoms. The average molecular weight is 226 g/mol. The minimum atomic E-state index is -0.295. The van der Waals surface area contributed by atoms with Crippen molar-refractivity contribution in [3.8, 4) is 11.5 Å². The minimum absolute atomic E-state index is 0.295. The second kappa shape index (κ2) is 6.35. The van der Waals surface area contributed by atoms with Gasteiger partial charge in [0.2, 0.25) is 0 Å². The molecule has 1 atom stereocenters. The zero-order valence-corrected chi connectivity index (χ0v) is 10.1. The van der Waals surface area contributed by atoms with Gasteiger partial charge in [0.1, 0.15) is 13.1 Å². The lowest BCUT2D eigenvalue weighted by atomic mass is 10.2. The van der Waals surface area contributed by atoms with Crippen molar-refractivity contribution >= 4 is 0 Å². The molecule has 0 aliphatic carbocycles. The van der Waals surface area contributed by atoms with Gasteiger partial charge in [0, 0.05) is 0 Å².